The summed E-state index contributed by atoms with van der Waals surface area (Å²) in [5.74, 6) is -2.67. The third kappa shape index (κ3) is 3.22. The van der Waals surface area contributed by atoms with Crippen molar-refractivity contribution in [3.05, 3.63) is 58.7 Å². The maximum atomic E-state index is 13.3. The molecule has 6 heteroatoms. The maximum Gasteiger partial charge on any atom is 0.338 e. The minimum absolute atomic E-state index is 0.207. The molecule has 0 aliphatic rings. The van der Waals surface area contributed by atoms with Crippen LogP contribution in [0, 0.1) is 19.7 Å². The van der Waals surface area contributed by atoms with Crippen LogP contribution in [0.15, 0.2) is 30.3 Å². The quantitative estimate of drug-likeness (QED) is 0.910. The number of aromatic nitrogens is 1. The Morgan fingerprint density at radius 1 is 1.14 bits per heavy atom. The van der Waals surface area contributed by atoms with Gasteiger partial charge in [-0.3, -0.25) is 9.78 Å². The number of hydrogen-bond acceptors (Lipinski definition) is 3. The zero-order valence-corrected chi connectivity index (χ0v) is 11.5. The lowest BCUT2D eigenvalue weighted by molar-refractivity contribution is 0.0691. The van der Waals surface area contributed by atoms with E-state index in [0.29, 0.717) is 11.3 Å². The van der Waals surface area contributed by atoms with E-state index in [1.165, 1.54) is 6.07 Å². The first-order valence-corrected chi connectivity index (χ1v) is 6.17. The van der Waals surface area contributed by atoms with Gasteiger partial charge in [0, 0.05) is 11.4 Å². The zero-order valence-electron chi connectivity index (χ0n) is 11.5. The molecule has 1 amide bonds. The van der Waals surface area contributed by atoms with E-state index in [-0.39, 0.29) is 5.69 Å². The fourth-order valence-corrected chi connectivity index (χ4v) is 1.89. The number of aryl methyl sites for hydroxylation is 2. The number of rotatable bonds is 3. The topological polar surface area (TPSA) is 79.3 Å². The second kappa shape index (κ2) is 5.70. The number of nitrogens with one attached hydrogen (secondary N) is 1. The van der Waals surface area contributed by atoms with Crippen LogP contribution in [0.5, 0.6) is 0 Å². The van der Waals surface area contributed by atoms with E-state index in [0.717, 1.165) is 17.8 Å². The third-order valence-electron chi connectivity index (χ3n) is 2.92. The summed E-state index contributed by atoms with van der Waals surface area (Å²) in [6.45, 7) is 3.52. The molecule has 0 bridgehead atoms. The van der Waals surface area contributed by atoms with Crippen LogP contribution >= 0.6 is 0 Å². The Balaban J connectivity index is 2.27. The van der Waals surface area contributed by atoms with Crippen molar-refractivity contribution < 1.29 is 19.1 Å². The SMILES string of the molecule is Cc1ccc(C(=O)Nc2ccc(F)c(C(=O)O)c2)c(C)n1. The molecule has 0 aliphatic carbocycles. The summed E-state index contributed by atoms with van der Waals surface area (Å²) < 4.78 is 13.3. The highest BCUT2D eigenvalue weighted by molar-refractivity contribution is 6.05. The molecule has 21 heavy (non-hydrogen) atoms. The smallest absolute Gasteiger partial charge is 0.338 e. The Labute approximate surface area is 120 Å². The van der Waals surface area contributed by atoms with Gasteiger partial charge < -0.3 is 10.4 Å². The standard InChI is InChI=1S/C15H13FN2O3/c1-8-3-5-11(9(2)17-8)14(19)18-10-4-6-13(16)12(7-10)15(20)21/h3-7H,1-2H3,(H,18,19)(H,20,21). The van der Waals surface area contributed by atoms with E-state index in [4.69, 9.17) is 5.11 Å². The van der Waals surface area contributed by atoms with Gasteiger partial charge in [-0.15, -0.1) is 0 Å². The molecule has 0 saturated carbocycles. The van der Waals surface area contributed by atoms with Crippen LogP contribution in [0.4, 0.5) is 10.1 Å². The minimum Gasteiger partial charge on any atom is -0.478 e. The third-order valence-corrected chi connectivity index (χ3v) is 2.92. The number of halogens is 1. The second-order valence-corrected chi connectivity index (χ2v) is 4.54. The van der Waals surface area contributed by atoms with E-state index in [2.05, 4.69) is 10.3 Å². The predicted molar refractivity (Wildman–Crippen MR) is 75.0 cm³/mol. The molecule has 0 aliphatic heterocycles. The monoisotopic (exact) mass is 288 g/mol. The van der Waals surface area contributed by atoms with Gasteiger partial charge in [0.05, 0.1) is 16.8 Å². The number of carboxylic acids is 1. The van der Waals surface area contributed by atoms with Crippen LogP contribution in [0.25, 0.3) is 0 Å². The van der Waals surface area contributed by atoms with Crippen LogP contribution in [0.3, 0.4) is 0 Å². The molecule has 0 fully saturated rings. The number of carbonyl (C=O) groups excluding carboxylic acids is 1. The van der Waals surface area contributed by atoms with Gasteiger partial charge in [-0.25, -0.2) is 9.18 Å². The van der Waals surface area contributed by atoms with Crippen molar-refractivity contribution >= 4 is 17.6 Å². The van der Waals surface area contributed by atoms with Gasteiger partial charge in [-0.1, -0.05) is 0 Å². The first kappa shape index (κ1) is 14.6. The normalized spacial score (nSPS) is 10.2. The number of nitrogens with zero attached hydrogens (tertiary/aromatic N) is 1. The summed E-state index contributed by atoms with van der Waals surface area (Å²) in [6, 6.07) is 6.71. The van der Waals surface area contributed by atoms with Crippen molar-refractivity contribution in [2.24, 2.45) is 0 Å². The van der Waals surface area contributed by atoms with Crippen LogP contribution in [-0.4, -0.2) is 22.0 Å². The number of pyridine rings is 1. The largest absolute Gasteiger partial charge is 0.478 e. The Bertz CT molecular complexity index is 729. The summed E-state index contributed by atoms with van der Waals surface area (Å²) in [5, 5.41) is 11.4. The molecule has 2 rings (SSSR count). The molecule has 0 spiro atoms. The number of carboxylic acid groups (broad SMARTS) is 1. The number of benzene rings is 1. The van der Waals surface area contributed by atoms with Gasteiger partial charge in [0.2, 0.25) is 0 Å². The Hall–Kier alpha value is -2.76. The van der Waals surface area contributed by atoms with Gasteiger partial charge in [-0.2, -0.15) is 0 Å². The number of anilines is 1. The average molecular weight is 288 g/mol. The van der Waals surface area contributed by atoms with Crippen molar-refractivity contribution in [2.45, 2.75) is 13.8 Å². The molecule has 0 unspecified atom stereocenters. The van der Waals surface area contributed by atoms with Gasteiger partial charge >= 0.3 is 5.97 Å². The van der Waals surface area contributed by atoms with E-state index >= 15 is 0 Å². The van der Waals surface area contributed by atoms with E-state index in [1.54, 1.807) is 19.1 Å². The molecule has 2 N–H and O–H groups in total. The summed E-state index contributed by atoms with van der Waals surface area (Å²) in [5.41, 5.74) is 1.44. The molecular weight excluding hydrogens is 275 g/mol. The summed E-state index contributed by atoms with van der Waals surface area (Å²) >= 11 is 0. The van der Waals surface area contributed by atoms with Crippen molar-refractivity contribution in [3.63, 3.8) is 0 Å². The molecule has 0 atom stereocenters. The number of carbonyl (C=O) groups is 2. The first-order valence-electron chi connectivity index (χ1n) is 6.17. The van der Waals surface area contributed by atoms with Crippen LogP contribution < -0.4 is 5.32 Å². The Kier molecular flexibility index (Phi) is 3.98. The molecular formula is C15H13FN2O3. The average Bonchev–Trinajstić information content (AvgIpc) is 2.40. The van der Waals surface area contributed by atoms with Crippen LogP contribution in [-0.2, 0) is 0 Å². The summed E-state index contributed by atoms with van der Waals surface area (Å²) in [4.78, 5) is 27.2. The summed E-state index contributed by atoms with van der Waals surface area (Å²) in [6.07, 6.45) is 0. The molecule has 2 aromatic rings. The highest BCUT2D eigenvalue weighted by atomic mass is 19.1. The lowest BCUT2D eigenvalue weighted by Crippen LogP contribution is -2.15. The Morgan fingerprint density at radius 3 is 2.48 bits per heavy atom. The van der Waals surface area contributed by atoms with Crippen molar-refractivity contribution in [2.75, 3.05) is 5.32 Å². The summed E-state index contributed by atoms with van der Waals surface area (Å²) in [7, 11) is 0. The molecule has 5 nitrogen and oxygen atoms in total. The molecule has 1 aromatic heterocycles. The van der Waals surface area contributed by atoms with Gasteiger partial charge in [-0.05, 0) is 44.2 Å². The zero-order chi connectivity index (χ0) is 15.6. The van der Waals surface area contributed by atoms with Gasteiger partial charge in [0.1, 0.15) is 5.82 Å². The minimum atomic E-state index is -1.39. The number of aromatic carboxylic acids is 1. The molecule has 1 aromatic carbocycles. The van der Waals surface area contributed by atoms with E-state index < -0.39 is 23.3 Å². The first-order chi connectivity index (χ1) is 9.88. The van der Waals surface area contributed by atoms with Crippen molar-refractivity contribution in [1.82, 2.24) is 4.98 Å². The van der Waals surface area contributed by atoms with Crippen molar-refractivity contribution in [1.29, 1.82) is 0 Å². The molecule has 0 saturated heterocycles. The van der Waals surface area contributed by atoms with Crippen molar-refractivity contribution in [3.8, 4) is 0 Å². The maximum absolute atomic E-state index is 13.3. The van der Waals surface area contributed by atoms with Gasteiger partial charge in [0.15, 0.2) is 0 Å². The highest BCUT2D eigenvalue weighted by Gasteiger charge is 2.14. The fraction of sp³-hybridized carbons (Fsp3) is 0.133. The molecule has 0 radical (unpaired) electrons. The van der Waals surface area contributed by atoms with E-state index in [1.807, 2.05) is 6.92 Å². The number of amides is 1. The predicted octanol–water partition coefficient (Wildman–Crippen LogP) is 2.79. The molecule has 108 valence electrons. The lowest BCUT2D eigenvalue weighted by atomic mass is 10.1. The lowest BCUT2D eigenvalue weighted by Gasteiger charge is -2.08. The number of hydrogen-bond donors (Lipinski definition) is 2. The molecule has 1 heterocycles. The Morgan fingerprint density at radius 2 is 1.86 bits per heavy atom. The second-order valence-electron chi connectivity index (χ2n) is 4.54. The van der Waals surface area contributed by atoms with Crippen LogP contribution in [0.1, 0.15) is 32.1 Å². The van der Waals surface area contributed by atoms with Crippen LogP contribution in [0.2, 0.25) is 0 Å². The van der Waals surface area contributed by atoms with Gasteiger partial charge in [0.25, 0.3) is 5.91 Å². The fourth-order valence-electron chi connectivity index (χ4n) is 1.89. The highest BCUT2D eigenvalue weighted by Crippen LogP contribution is 2.16. The van der Waals surface area contributed by atoms with E-state index in [9.17, 15) is 14.0 Å².